The van der Waals surface area contributed by atoms with Crippen molar-refractivity contribution in [2.45, 2.75) is 19.6 Å². The van der Waals surface area contributed by atoms with E-state index in [0.29, 0.717) is 22.6 Å². The molecule has 5 heteroatoms. The van der Waals surface area contributed by atoms with Crippen LogP contribution in [0, 0.1) is 5.82 Å². The first-order chi connectivity index (χ1) is 10.0. The maximum Gasteiger partial charge on any atom is 0.133 e. The molecule has 0 amide bonds. The zero-order valence-corrected chi connectivity index (χ0v) is 13.4. The van der Waals surface area contributed by atoms with Crippen LogP contribution in [0.3, 0.4) is 0 Å². The Balaban J connectivity index is 2.16. The molecule has 2 aromatic rings. The van der Waals surface area contributed by atoms with E-state index < -0.39 is 6.10 Å². The Kier molecular flexibility index (Phi) is 5.20. The number of methoxy groups -OCH3 is 1. The van der Waals surface area contributed by atoms with Crippen LogP contribution in [-0.4, -0.2) is 12.2 Å². The average molecular weight is 355 g/mol. The minimum atomic E-state index is -0.668. The highest BCUT2D eigenvalue weighted by Gasteiger charge is 2.11. The van der Waals surface area contributed by atoms with Crippen molar-refractivity contribution >= 4 is 15.9 Å². The van der Waals surface area contributed by atoms with Crippen LogP contribution in [0.25, 0.3) is 0 Å². The van der Waals surface area contributed by atoms with Gasteiger partial charge in [-0.05, 0) is 37.3 Å². The summed E-state index contributed by atoms with van der Waals surface area (Å²) in [4.78, 5) is 0. The van der Waals surface area contributed by atoms with Crippen LogP contribution in [0.2, 0.25) is 0 Å². The second kappa shape index (κ2) is 6.91. The van der Waals surface area contributed by atoms with Crippen molar-refractivity contribution in [3.8, 4) is 11.5 Å². The van der Waals surface area contributed by atoms with Gasteiger partial charge in [-0.15, -0.1) is 0 Å². The summed E-state index contributed by atoms with van der Waals surface area (Å²) >= 11 is 3.35. The van der Waals surface area contributed by atoms with Crippen LogP contribution < -0.4 is 9.47 Å². The third kappa shape index (κ3) is 3.95. The number of hydrogen-bond acceptors (Lipinski definition) is 3. The predicted molar refractivity (Wildman–Crippen MR) is 82.1 cm³/mol. The van der Waals surface area contributed by atoms with E-state index in [9.17, 15) is 9.50 Å². The van der Waals surface area contributed by atoms with E-state index in [1.54, 1.807) is 31.2 Å². The Morgan fingerprint density at radius 2 is 2.00 bits per heavy atom. The SMILES string of the molecule is COc1ccc(COc2ccc(Br)cc2C(C)O)c(F)c1. The highest BCUT2D eigenvalue weighted by atomic mass is 79.9. The molecule has 21 heavy (non-hydrogen) atoms. The number of aliphatic hydroxyl groups is 1. The lowest BCUT2D eigenvalue weighted by atomic mass is 10.1. The van der Waals surface area contributed by atoms with Crippen LogP contribution in [0.1, 0.15) is 24.2 Å². The van der Waals surface area contributed by atoms with Crippen LogP contribution >= 0.6 is 15.9 Å². The van der Waals surface area contributed by atoms with Crippen molar-refractivity contribution in [1.29, 1.82) is 0 Å². The summed E-state index contributed by atoms with van der Waals surface area (Å²) in [6.45, 7) is 1.74. The second-order valence-electron chi connectivity index (χ2n) is 4.60. The summed E-state index contributed by atoms with van der Waals surface area (Å²) in [5.41, 5.74) is 1.08. The Morgan fingerprint density at radius 1 is 1.24 bits per heavy atom. The lowest BCUT2D eigenvalue weighted by molar-refractivity contribution is 0.189. The highest BCUT2D eigenvalue weighted by Crippen LogP contribution is 2.29. The number of ether oxygens (including phenoxy) is 2. The predicted octanol–water partition coefficient (Wildman–Crippen LogP) is 4.23. The zero-order valence-electron chi connectivity index (χ0n) is 11.8. The van der Waals surface area contributed by atoms with E-state index in [-0.39, 0.29) is 12.4 Å². The fourth-order valence-electron chi connectivity index (χ4n) is 1.90. The van der Waals surface area contributed by atoms with E-state index in [0.717, 1.165) is 4.47 Å². The van der Waals surface area contributed by atoms with Gasteiger partial charge in [0.05, 0.1) is 13.2 Å². The molecule has 0 aliphatic carbocycles. The molecule has 1 N–H and O–H groups in total. The fraction of sp³-hybridized carbons (Fsp3) is 0.250. The van der Waals surface area contributed by atoms with Crippen molar-refractivity contribution in [2.24, 2.45) is 0 Å². The molecule has 0 aliphatic heterocycles. The Hall–Kier alpha value is -1.59. The number of rotatable bonds is 5. The summed E-state index contributed by atoms with van der Waals surface area (Å²) in [5, 5.41) is 9.76. The molecule has 0 saturated carbocycles. The number of aliphatic hydroxyl groups excluding tert-OH is 1. The van der Waals surface area contributed by atoms with Gasteiger partial charge in [0, 0.05) is 21.7 Å². The van der Waals surface area contributed by atoms with E-state index in [1.807, 2.05) is 6.07 Å². The zero-order chi connectivity index (χ0) is 15.4. The smallest absolute Gasteiger partial charge is 0.133 e. The summed E-state index contributed by atoms with van der Waals surface area (Å²) in [6, 6.07) is 9.95. The van der Waals surface area contributed by atoms with Gasteiger partial charge in [0.25, 0.3) is 0 Å². The van der Waals surface area contributed by atoms with Gasteiger partial charge in [-0.2, -0.15) is 0 Å². The van der Waals surface area contributed by atoms with Gasteiger partial charge in [0.15, 0.2) is 0 Å². The van der Waals surface area contributed by atoms with E-state index in [2.05, 4.69) is 15.9 Å². The molecule has 2 aromatic carbocycles. The van der Waals surface area contributed by atoms with Gasteiger partial charge < -0.3 is 14.6 Å². The molecule has 0 fully saturated rings. The molecule has 0 aromatic heterocycles. The van der Waals surface area contributed by atoms with Gasteiger partial charge >= 0.3 is 0 Å². The normalized spacial score (nSPS) is 12.0. The second-order valence-corrected chi connectivity index (χ2v) is 5.52. The molecule has 0 heterocycles. The van der Waals surface area contributed by atoms with E-state index in [1.165, 1.54) is 13.2 Å². The fourth-order valence-corrected chi connectivity index (χ4v) is 2.28. The minimum absolute atomic E-state index is 0.0805. The van der Waals surface area contributed by atoms with Crippen LogP contribution in [-0.2, 0) is 6.61 Å². The van der Waals surface area contributed by atoms with Gasteiger partial charge in [-0.1, -0.05) is 15.9 Å². The number of halogens is 2. The average Bonchev–Trinajstić information content (AvgIpc) is 2.46. The summed E-state index contributed by atoms with van der Waals surface area (Å²) < 4.78 is 25.3. The van der Waals surface area contributed by atoms with Crippen molar-refractivity contribution in [3.05, 3.63) is 57.8 Å². The Morgan fingerprint density at radius 3 is 2.62 bits per heavy atom. The van der Waals surface area contributed by atoms with Crippen LogP contribution in [0.4, 0.5) is 4.39 Å². The maximum absolute atomic E-state index is 13.8. The van der Waals surface area contributed by atoms with Crippen molar-refractivity contribution in [3.63, 3.8) is 0 Å². The first kappa shape index (κ1) is 15.8. The molecule has 0 bridgehead atoms. The molecular formula is C16H16BrFO3. The molecular weight excluding hydrogens is 339 g/mol. The van der Waals surface area contributed by atoms with Crippen molar-refractivity contribution < 1.29 is 19.0 Å². The quantitative estimate of drug-likeness (QED) is 0.873. The van der Waals surface area contributed by atoms with E-state index >= 15 is 0 Å². The molecule has 112 valence electrons. The lowest BCUT2D eigenvalue weighted by Gasteiger charge is -2.14. The summed E-state index contributed by atoms with van der Waals surface area (Å²) in [6.07, 6.45) is -0.668. The topological polar surface area (TPSA) is 38.7 Å². The van der Waals surface area contributed by atoms with Gasteiger partial charge in [0.2, 0.25) is 0 Å². The standard InChI is InChI=1S/C16H16BrFO3/c1-10(19)14-7-12(17)4-6-16(14)21-9-11-3-5-13(20-2)8-15(11)18/h3-8,10,19H,9H2,1-2H3. The van der Waals surface area contributed by atoms with Gasteiger partial charge in [-0.3, -0.25) is 0 Å². The molecule has 1 atom stereocenters. The molecule has 0 aliphatic rings. The Labute approximate surface area is 131 Å². The van der Waals surface area contributed by atoms with Crippen LogP contribution in [0.5, 0.6) is 11.5 Å². The number of benzene rings is 2. The lowest BCUT2D eigenvalue weighted by Crippen LogP contribution is -2.03. The molecule has 1 unspecified atom stereocenters. The van der Waals surface area contributed by atoms with Gasteiger partial charge in [-0.25, -0.2) is 4.39 Å². The first-order valence-electron chi connectivity index (χ1n) is 6.44. The third-order valence-corrected chi connectivity index (χ3v) is 3.56. The van der Waals surface area contributed by atoms with Gasteiger partial charge in [0.1, 0.15) is 23.9 Å². The molecule has 0 saturated heterocycles. The highest BCUT2D eigenvalue weighted by molar-refractivity contribution is 9.10. The maximum atomic E-state index is 13.8. The molecule has 0 spiro atoms. The van der Waals surface area contributed by atoms with Crippen molar-refractivity contribution in [2.75, 3.05) is 7.11 Å². The minimum Gasteiger partial charge on any atom is -0.497 e. The Bertz CT molecular complexity index is 629. The summed E-state index contributed by atoms with van der Waals surface area (Å²) in [7, 11) is 1.49. The van der Waals surface area contributed by atoms with Crippen molar-refractivity contribution in [1.82, 2.24) is 0 Å². The number of hydrogen-bond donors (Lipinski definition) is 1. The molecule has 0 radical (unpaired) electrons. The van der Waals surface area contributed by atoms with Crippen LogP contribution in [0.15, 0.2) is 40.9 Å². The molecule has 3 nitrogen and oxygen atoms in total. The first-order valence-corrected chi connectivity index (χ1v) is 7.23. The third-order valence-electron chi connectivity index (χ3n) is 3.07. The summed E-state index contributed by atoms with van der Waals surface area (Å²) in [5.74, 6) is 0.609. The molecule has 2 rings (SSSR count). The largest absolute Gasteiger partial charge is 0.497 e. The monoisotopic (exact) mass is 354 g/mol. The van der Waals surface area contributed by atoms with E-state index in [4.69, 9.17) is 9.47 Å².